The Morgan fingerprint density at radius 2 is 2.04 bits per heavy atom. The van der Waals surface area contributed by atoms with Gasteiger partial charge in [0, 0.05) is 49.7 Å². The number of phenols is 1. The molecule has 0 unspecified atom stereocenters. The molecule has 25 heavy (non-hydrogen) atoms. The van der Waals surface area contributed by atoms with Crippen LogP contribution < -0.4 is 5.32 Å². The molecule has 4 rings (SSSR count). The smallest absolute Gasteiger partial charge is 0.156 e. The lowest BCUT2D eigenvalue weighted by Crippen LogP contribution is -2.42. The minimum absolute atomic E-state index is 0.0965. The lowest BCUT2D eigenvalue weighted by Gasteiger charge is -2.27. The fourth-order valence-electron chi connectivity index (χ4n) is 3.36. The zero-order chi connectivity index (χ0) is 17.4. The van der Waals surface area contributed by atoms with E-state index in [0.717, 1.165) is 55.4 Å². The van der Waals surface area contributed by atoms with Gasteiger partial charge in [0.1, 0.15) is 11.6 Å². The molecule has 0 radical (unpaired) electrons. The fourth-order valence-corrected chi connectivity index (χ4v) is 3.36. The van der Waals surface area contributed by atoms with Crippen molar-refractivity contribution >= 4 is 11.0 Å². The van der Waals surface area contributed by atoms with E-state index in [9.17, 15) is 9.50 Å². The van der Waals surface area contributed by atoms with Gasteiger partial charge >= 0.3 is 0 Å². The third kappa shape index (κ3) is 3.08. The lowest BCUT2D eigenvalue weighted by atomic mass is 10.0. The SMILES string of the molecule is Cc1n[nH]c2nc(-c3ccc(O)cc3F)cc(CN3CCNCC3)c12. The monoisotopic (exact) mass is 341 g/mol. The normalized spacial score (nSPS) is 15.8. The second-order valence-corrected chi connectivity index (χ2v) is 6.39. The van der Waals surface area contributed by atoms with Gasteiger partial charge in [-0.05, 0) is 30.7 Å². The van der Waals surface area contributed by atoms with E-state index < -0.39 is 5.82 Å². The molecule has 130 valence electrons. The van der Waals surface area contributed by atoms with Crippen LogP contribution in [0.2, 0.25) is 0 Å². The molecule has 2 aromatic heterocycles. The number of hydrogen-bond donors (Lipinski definition) is 3. The van der Waals surface area contributed by atoms with Crippen LogP contribution >= 0.6 is 0 Å². The third-order valence-corrected chi connectivity index (χ3v) is 4.62. The number of H-pyrrole nitrogens is 1. The zero-order valence-corrected chi connectivity index (χ0v) is 14.0. The predicted molar refractivity (Wildman–Crippen MR) is 93.8 cm³/mol. The van der Waals surface area contributed by atoms with Gasteiger partial charge in [-0.3, -0.25) is 10.00 Å². The molecule has 0 atom stereocenters. The Morgan fingerprint density at radius 3 is 2.80 bits per heavy atom. The van der Waals surface area contributed by atoms with Crippen LogP contribution in [0.4, 0.5) is 4.39 Å². The van der Waals surface area contributed by atoms with Gasteiger partial charge in [-0.25, -0.2) is 9.37 Å². The number of aromatic amines is 1. The summed E-state index contributed by atoms with van der Waals surface area (Å²) in [5.74, 6) is -0.586. The maximum absolute atomic E-state index is 14.3. The summed E-state index contributed by atoms with van der Waals surface area (Å²) in [5.41, 5.74) is 3.55. The standard InChI is InChI=1S/C18H20FN5O/c1-11-17-12(10-24-6-4-20-5-7-24)8-16(21-18(17)23-22-11)14-3-2-13(25)9-15(14)19/h2-3,8-9,20,25H,4-7,10H2,1H3,(H,21,22,23). The van der Waals surface area contributed by atoms with Crippen molar-refractivity contribution in [3.63, 3.8) is 0 Å². The summed E-state index contributed by atoms with van der Waals surface area (Å²) in [7, 11) is 0. The molecule has 0 saturated carbocycles. The van der Waals surface area contributed by atoms with Crippen molar-refractivity contribution < 1.29 is 9.50 Å². The van der Waals surface area contributed by atoms with Crippen LogP contribution in [0.25, 0.3) is 22.3 Å². The number of nitrogens with one attached hydrogen (secondary N) is 2. The molecule has 1 aliphatic heterocycles. The van der Waals surface area contributed by atoms with Crippen LogP contribution in [0.5, 0.6) is 5.75 Å². The second kappa shape index (κ2) is 6.42. The van der Waals surface area contributed by atoms with Crippen molar-refractivity contribution in [2.75, 3.05) is 26.2 Å². The molecule has 1 fully saturated rings. The van der Waals surface area contributed by atoms with Crippen LogP contribution in [0.1, 0.15) is 11.3 Å². The summed E-state index contributed by atoms with van der Waals surface area (Å²) in [6.07, 6.45) is 0. The Labute approximate surface area is 144 Å². The molecule has 3 N–H and O–H groups in total. The number of aryl methyl sites for hydroxylation is 1. The molecule has 1 saturated heterocycles. The molecule has 0 aliphatic carbocycles. The zero-order valence-electron chi connectivity index (χ0n) is 14.0. The Balaban J connectivity index is 1.80. The van der Waals surface area contributed by atoms with Crippen LogP contribution in [0.15, 0.2) is 24.3 Å². The minimum Gasteiger partial charge on any atom is -0.508 e. The van der Waals surface area contributed by atoms with Gasteiger partial charge in [-0.1, -0.05) is 0 Å². The van der Waals surface area contributed by atoms with E-state index in [1.165, 1.54) is 6.07 Å². The topological polar surface area (TPSA) is 77.1 Å². The number of pyridine rings is 1. The number of piperazine rings is 1. The van der Waals surface area contributed by atoms with Gasteiger partial charge < -0.3 is 10.4 Å². The Kier molecular flexibility index (Phi) is 4.10. The fraction of sp³-hybridized carbons (Fsp3) is 0.333. The quantitative estimate of drug-likeness (QED) is 0.681. The van der Waals surface area contributed by atoms with Gasteiger partial charge in [0.2, 0.25) is 0 Å². The number of fused-ring (bicyclic) bond motifs is 1. The molecule has 1 aliphatic rings. The van der Waals surface area contributed by atoms with Crippen LogP contribution in [0.3, 0.4) is 0 Å². The van der Waals surface area contributed by atoms with Crippen LogP contribution in [-0.2, 0) is 6.54 Å². The number of nitrogens with zero attached hydrogens (tertiary/aromatic N) is 3. The highest BCUT2D eigenvalue weighted by molar-refractivity contribution is 5.84. The molecule has 0 spiro atoms. The molecule has 3 aromatic rings. The number of hydrogen-bond acceptors (Lipinski definition) is 5. The van der Waals surface area contributed by atoms with Gasteiger partial charge in [0.25, 0.3) is 0 Å². The Hall–Kier alpha value is -2.51. The number of aromatic nitrogens is 3. The van der Waals surface area contributed by atoms with E-state index in [1.54, 1.807) is 6.07 Å². The molecular weight excluding hydrogens is 321 g/mol. The van der Waals surface area contributed by atoms with Gasteiger partial charge in [0.15, 0.2) is 5.65 Å². The highest BCUT2D eigenvalue weighted by Crippen LogP contribution is 2.29. The first-order valence-corrected chi connectivity index (χ1v) is 8.38. The first-order chi connectivity index (χ1) is 12.1. The predicted octanol–water partition coefficient (Wildman–Crippen LogP) is 2.18. The Morgan fingerprint density at radius 1 is 1.24 bits per heavy atom. The molecular formula is C18H20FN5O. The van der Waals surface area contributed by atoms with Crippen molar-refractivity contribution in [3.05, 3.63) is 41.3 Å². The molecule has 3 heterocycles. The van der Waals surface area contributed by atoms with Gasteiger partial charge in [-0.15, -0.1) is 0 Å². The van der Waals surface area contributed by atoms with Gasteiger partial charge in [-0.2, -0.15) is 5.10 Å². The number of halogens is 1. The molecule has 7 heteroatoms. The van der Waals surface area contributed by atoms with Crippen molar-refractivity contribution in [1.29, 1.82) is 0 Å². The average Bonchev–Trinajstić information content (AvgIpc) is 2.97. The minimum atomic E-state index is -0.490. The maximum Gasteiger partial charge on any atom is 0.156 e. The van der Waals surface area contributed by atoms with Crippen molar-refractivity contribution in [1.82, 2.24) is 25.4 Å². The molecule has 0 bridgehead atoms. The van der Waals surface area contributed by atoms with Crippen LogP contribution in [-0.4, -0.2) is 51.4 Å². The number of benzene rings is 1. The number of phenolic OH excluding ortho intramolecular Hbond substituents is 1. The molecule has 0 amide bonds. The number of aromatic hydroxyl groups is 1. The van der Waals surface area contributed by atoms with E-state index in [-0.39, 0.29) is 5.75 Å². The summed E-state index contributed by atoms with van der Waals surface area (Å²) in [5, 5.41) is 21.0. The number of rotatable bonds is 3. The van der Waals surface area contributed by atoms with Crippen molar-refractivity contribution in [2.24, 2.45) is 0 Å². The molecule has 1 aromatic carbocycles. The van der Waals surface area contributed by atoms with E-state index in [4.69, 9.17) is 0 Å². The summed E-state index contributed by atoms with van der Waals surface area (Å²) < 4.78 is 14.3. The van der Waals surface area contributed by atoms with E-state index in [1.807, 2.05) is 13.0 Å². The van der Waals surface area contributed by atoms with Crippen molar-refractivity contribution in [3.8, 4) is 17.0 Å². The Bertz CT molecular complexity index is 917. The second-order valence-electron chi connectivity index (χ2n) is 6.39. The average molecular weight is 341 g/mol. The molecule has 6 nitrogen and oxygen atoms in total. The lowest BCUT2D eigenvalue weighted by molar-refractivity contribution is 0.234. The van der Waals surface area contributed by atoms with Crippen LogP contribution in [0, 0.1) is 12.7 Å². The van der Waals surface area contributed by atoms with E-state index >= 15 is 0 Å². The third-order valence-electron chi connectivity index (χ3n) is 4.62. The first-order valence-electron chi connectivity index (χ1n) is 8.38. The highest BCUT2D eigenvalue weighted by Gasteiger charge is 2.18. The summed E-state index contributed by atoms with van der Waals surface area (Å²) in [6.45, 7) is 6.61. The maximum atomic E-state index is 14.3. The van der Waals surface area contributed by atoms with E-state index in [0.29, 0.717) is 16.9 Å². The van der Waals surface area contributed by atoms with Crippen molar-refractivity contribution in [2.45, 2.75) is 13.5 Å². The van der Waals surface area contributed by atoms with Gasteiger partial charge in [0.05, 0.1) is 11.4 Å². The largest absolute Gasteiger partial charge is 0.508 e. The summed E-state index contributed by atoms with van der Waals surface area (Å²) in [6, 6.07) is 6.06. The summed E-state index contributed by atoms with van der Waals surface area (Å²) in [4.78, 5) is 6.91. The highest BCUT2D eigenvalue weighted by atomic mass is 19.1. The van der Waals surface area contributed by atoms with E-state index in [2.05, 4.69) is 25.4 Å². The summed E-state index contributed by atoms with van der Waals surface area (Å²) >= 11 is 0. The first kappa shape index (κ1) is 16.0.